The number of piperidine rings is 1. The number of thiazole rings is 1. The molecule has 122 valence electrons. The quantitative estimate of drug-likeness (QED) is 0.888. The lowest BCUT2D eigenvalue weighted by molar-refractivity contribution is -0.116. The molecule has 0 aliphatic carbocycles. The lowest BCUT2D eigenvalue weighted by Crippen LogP contribution is -2.48. The Balaban J connectivity index is 1.34. The molecule has 0 bridgehead atoms. The van der Waals surface area contributed by atoms with Crippen molar-refractivity contribution in [3.05, 3.63) is 11.6 Å². The molecular weight excluding hydrogens is 316 g/mol. The van der Waals surface area contributed by atoms with Crippen LogP contribution in [0.1, 0.15) is 19.3 Å². The molecule has 0 unspecified atom stereocenters. The van der Waals surface area contributed by atoms with Crippen molar-refractivity contribution in [2.24, 2.45) is 0 Å². The Bertz CT molecular complexity index is 454. The van der Waals surface area contributed by atoms with Gasteiger partial charge in [0.1, 0.15) is 0 Å². The van der Waals surface area contributed by atoms with Crippen LogP contribution in [-0.4, -0.2) is 71.0 Å². The van der Waals surface area contributed by atoms with Crippen molar-refractivity contribution in [1.82, 2.24) is 14.8 Å². The summed E-state index contributed by atoms with van der Waals surface area (Å²) < 4.78 is 0. The molecule has 0 radical (unpaired) electrons. The fourth-order valence-corrected chi connectivity index (χ4v) is 4.65. The first-order valence-electron chi connectivity index (χ1n) is 8.05. The first-order valence-corrected chi connectivity index (χ1v) is 10.1. The summed E-state index contributed by atoms with van der Waals surface area (Å²) in [7, 11) is 0. The molecule has 2 saturated heterocycles. The second kappa shape index (κ2) is 8.29. The van der Waals surface area contributed by atoms with Gasteiger partial charge in [-0.25, -0.2) is 4.98 Å². The summed E-state index contributed by atoms with van der Waals surface area (Å²) in [6, 6.07) is 0.765. The van der Waals surface area contributed by atoms with Crippen LogP contribution in [0.5, 0.6) is 0 Å². The first kappa shape index (κ1) is 16.2. The van der Waals surface area contributed by atoms with Gasteiger partial charge in [-0.15, -0.1) is 11.3 Å². The minimum Gasteiger partial charge on any atom is -0.303 e. The second-order valence-corrected chi connectivity index (χ2v) is 7.98. The number of thioether (sulfide) groups is 1. The van der Waals surface area contributed by atoms with Gasteiger partial charge in [0.15, 0.2) is 5.13 Å². The lowest BCUT2D eigenvalue weighted by atomic mass is 10.0. The highest BCUT2D eigenvalue weighted by atomic mass is 32.2. The van der Waals surface area contributed by atoms with Gasteiger partial charge in [-0.2, -0.15) is 11.8 Å². The molecule has 2 fully saturated rings. The Hall–Kier alpha value is -0.630. The predicted molar refractivity (Wildman–Crippen MR) is 93.7 cm³/mol. The maximum absolute atomic E-state index is 11.9. The molecule has 2 aliphatic heterocycles. The van der Waals surface area contributed by atoms with Gasteiger partial charge in [0.05, 0.1) is 0 Å². The van der Waals surface area contributed by atoms with Crippen LogP contribution < -0.4 is 5.32 Å². The summed E-state index contributed by atoms with van der Waals surface area (Å²) in [6.07, 6.45) is 4.77. The summed E-state index contributed by atoms with van der Waals surface area (Å²) in [5, 5.41) is 5.43. The molecule has 1 aromatic rings. The van der Waals surface area contributed by atoms with Crippen molar-refractivity contribution in [3.8, 4) is 0 Å². The maximum atomic E-state index is 11.9. The van der Waals surface area contributed by atoms with Crippen LogP contribution in [0, 0.1) is 0 Å². The van der Waals surface area contributed by atoms with Crippen LogP contribution in [0.25, 0.3) is 0 Å². The molecular formula is C15H24N4OS2. The van der Waals surface area contributed by atoms with Gasteiger partial charge in [-0.3, -0.25) is 9.69 Å². The van der Waals surface area contributed by atoms with Crippen molar-refractivity contribution in [1.29, 1.82) is 0 Å². The normalized spacial score (nSPS) is 21.8. The average Bonchev–Trinajstić information content (AvgIpc) is 3.07. The fraction of sp³-hybridized carbons (Fsp3) is 0.733. The van der Waals surface area contributed by atoms with Gasteiger partial charge >= 0.3 is 0 Å². The van der Waals surface area contributed by atoms with Gasteiger partial charge in [0.25, 0.3) is 0 Å². The Kier molecular flexibility index (Phi) is 6.12. The lowest BCUT2D eigenvalue weighted by Gasteiger charge is -2.40. The van der Waals surface area contributed by atoms with Gasteiger partial charge in [-0.1, -0.05) is 0 Å². The Morgan fingerprint density at radius 1 is 1.27 bits per heavy atom. The number of aromatic nitrogens is 1. The number of anilines is 1. The zero-order valence-electron chi connectivity index (χ0n) is 12.9. The highest BCUT2D eigenvalue weighted by molar-refractivity contribution is 7.99. The fourth-order valence-electron chi connectivity index (χ4n) is 3.18. The standard InChI is InChI=1S/C15H24N4OS2/c20-14(17-15-16-4-10-22-15)3-7-18-5-1-13(2-6-18)19-8-11-21-12-9-19/h4,10,13H,1-3,5-9,11-12H2,(H,16,17,20). The number of rotatable bonds is 5. The zero-order chi connectivity index (χ0) is 15.2. The summed E-state index contributed by atoms with van der Waals surface area (Å²) in [5.74, 6) is 2.65. The molecule has 1 amide bonds. The molecule has 0 aromatic carbocycles. The minimum atomic E-state index is 0.0742. The number of carbonyl (C=O) groups is 1. The zero-order valence-corrected chi connectivity index (χ0v) is 14.5. The molecule has 3 heterocycles. The molecule has 5 nitrogen and oxygen atoms in total. The van der Waals surface area contributed by atoms with Crippen LogP contribution >= 0.6 is 23.1 Å². The molecule has 1 aromatic heterocycles. The first-order chi connectivity index (χ1) is 10.8. The molecule has 2 aliphatic rings. The van der Waals surface area contributed by atoms with Crippen molar-refractivity contribution in [3.63, 3.8) is 0 Å². The number of likely N-dealkylation sites (tertiary alicyclic amines) is 1. The number of nitrogens with zero attached hydrogens (tertiary/aromatic N) is 3. The summed E-state index contributed by atoms with van der Waals surface area (Å²) in [4.78, 5) is 21.1. The minimum absolute atomic E-state index is 0.0742. The van der Waals surface area contributed by atoms with E-state index in [4.69, 9.17) is 0 Å². The van der Waals surface area contributed by atoms with E-state index in [0.29, 0.717) is 11.6 Å². The van der Waals surface area contributed by atoms with Gasteiger partial charge in [0, 0.05) is 55.2 Å². The van der Waals surface area contributed by atoms with E-state index in [-0.39, 0.29) is 5.91 Å². The van der Waals surface area contributed by atoms with Crippen LogP contribution in [0.2, 0.25) is 0 Å². The van der Waals surface area contributed by atoms with Crippen LogP contribution in [-0.2, 0) is 4.79 Å². The van der Waals surface area contributed by atoms with Gasteiger partial charge < -0.3 is 10.2 Å². The Labute approximate surface area is 140 Å². The number of carbonyl (C=O) groups excluding carboxylic acids is 1. The van der Waals surface area contributed by atoms with Gasteiger partial charge in [-0.05, 0) is 25.9 Å². The third-order valence-electron chi connectivity index (χ3n) is 4.45. The van der Waals surface area contributed by atoms with E-state index in [1.54, 1.807) is 6.20 Å². The number of nitrogens with one attached hydrogen (secondary N) is 1. The highest BCUT2D eigenvalue weighted by Gasteiger charge is 2.25. The third kappa shape index (κ3) is 4.68. The number of hydrogen-bond donors (Lipinski definition) is 1. The van der Waals surface area contributed by atoms with E-state index in [2.05, 4.69) is 31.9 Å². The number of amides is 1. The Morgan fingerprint density at radius 3 is 2.73 bits per heavy atom. The molecule has 1 N–H and O–H groups in total. The van der Waals surface area contributed by atoms with Gasteiger partial charge in [0.2, 0.25) is 5.91 Å². The monoisotopic (exact) mass is 340 g/mol. The summed E-state index contributed by atoms with van der Waals surface area (Å²) in [6.45, 7) is 5.62. The van der Waals surface area contributed by atoms with E-state index < -0.39 is 0 Å². The van der Waals surface area contributed by atoms with E-state index in [9.17, 15) is 4.79 Å². The van der Waals surface area contributed by atoms with E-state index in [1.807, 2.05) is 5.38 Å². The molecule has 0 spiro atoms. The van der Waals surface area contributed by atoms with Crippen LogP contribution in [0.4, 0.5) is 5.13 Å². The average molecular weight is 341 g/mol. The molecule has 7 heteroatoms. The molecule has 22 heavy (non-hydrogen) atoms. The Morgan fingerprint density at radius 2 is 2.05 bits per heavy atom. The van der Waals surface area contributed by atoms with Crippen molar-refractivity contribution < 1.29 is 4.79 Å². The van der Waals surface area contributed by atoms with E-state index in [1.165, 1.54) is 48.8 Å². The van der Waals surface area contributed by atoms with Crippen molar-refractivity contribution >= 4 is 34.1 Å². The topological polar surface area (TPSA) is 48.5 Å². The maximum Gasteiger partial charge on any atom is 0.227 e. The SMILES string of the molecule is O=C(CCN1CCC(N2CCSCC2)CC1)Nc1nccs1. The molecule has 0 saturated carbocycles. The van der Waals surface area contributed by atoms with Crippen LogP contribution in [0.3, 0.4) is 0 Å². The van der Waals surface area contributed by atoms with E-state index in [0.717, 1.165) is 25.7 Å². The smallest absolute Gasteiger partial charge is 0.227 e. The second-order valence-electron chi connectivity index (χ2n) is 5.86. The summed E-state index contributed by atoms with van der Waals surface area (Å²) in [5.41, 5.74) is 0. The molecule has 3 rings (SSSR count). The van der Waals surface area contributed by atoms with Crippen molar-refractivity contribution in [2.75, 3.05) is 49.5 Å². The highest BCUT2D eigenvalue weighted by Crippen LogP contribution is 2.20. The third-order valence-corrected chi connectivity index (χ3v) is 6.08. The number of hydrogen-bond acceptors (Lipinski definition) is 6. The largest absolute Gasteiger partial charge is 0.303 e. The van der Waals surface area contributed by atoms with Crippen LogP contribution in [0.15, 0.2) is 11.6 Å². The van der Waals surface area contributed by atoms with E-state index >= 15 is 0 Å². The summed E-state index contributed by atoms with van der Waals surface area (Å²) >= 11 is 3.54. The van der Waals surface area contributed by atoms with Crippen molar-refractivity contribution in [2.45, 2.75) is 25.3 Å². The molecule has 0 atom stereocenters. The predicted octanol–water partition coefficient (Wildman–Crippen LogP) is 1.98.